The first-order chi connectivity index (χ1) is 13.5. The Balaban J connectivity index is 1.46. The number of carbonyl (C=O) groups is 1. The zero-order valence-corrected chi connectivity index (χ0v) is 16.5. The summed E-state index contributed by atoms with van der Waals surface area (Å²) in [5.41, 5.74) is 9.30. The molecule has 2 N–H and O–H groups in total. The first kappa shape index (κ1) is 18.6. The fourth-order valence-corrected chi connectivity index (χ4v) is 4.12. The Hall–Kier alpha value is -2.74. The largest absolute Gasteiger partial charge is 0.369 e. The summed E-state index contributed by atoms with van der Waals surface area (Å²) in [6.45, 7) is 7.65. The maximum absolute atomic E-state index is 11.5. The van der Waals surface area contributed by atoms with Crippen LogP contribution >= 0.6 is 0 Å². The molecule has 4 heterocycles. The van der Waals surface area contributed by atoms with E-state index in [1.54, 1.807) is 0 Å². The second kappa shape index (κ2) is 7.71. The van der Waals surface area contributed by atoms with Crippen LogP contribution in [-0.2, 0) is 11.3 Å². The molecule has 148 valence electrons. The van der Waals surface area contributed by atoms with Crippen molar-refractivity contribution in [3.63, 3.8) is 0 Å². The van der Waals surface area contributed by atoms with Gasteiger partial charge < -0.3 is 15.2 Å². The molecular formula is C20H27N7O. The van der Waals surface area contributed by atoms with E-state index in [1.807, 2.05) is 43.0 Å². The lowest BCUT2D eigenvalue weighted by atomic mass is 9.97. The van der Waals surface area contributed by atoms with Gasteiger partial charge in [0.05, 0.1) is 17.7 Å². The third-order valence-electron chi connectivity index (χ3n) is 5.52. The molecule has 0 saturated carbocycles. The minimum Gasteiger partial charge on any atom is -0.369 e. The van der Waals surface area contributed by atoms with Gasteiger partial charge in [0.25, 0.3) is 0 Å². The van der Waals surface area contributed by atoms with Crippen LogP contribution in [0, 0.1) is 19.8 Å². The van der Waals surface area contributed by atoms with Crippen LogP contribution in [0.2, 0.25) is 0 Å². The average Bonchev–Trinajstić information content (AvgIpc) is 3.28. The van der Waals surface area contributed by atoms with E-state index in [2.05, 4.69) is 24.5 Å². The Morgan fingerprint density at radius 2 is 2.18 bits per heavy atom. The standard InChI is InChI=1S/C20H27N7O/c1-14-11-15(2)27-20(24-14)17(12-23-27)19-22-6-10-26(19)9-4-8-25-7-3-5-16(13-25)18(21)28/h6,10-12,16H,3-5,7-9,13H2,1-2H3,(H2,21,28). The van der Waals surface area contributed by atoms with Crippen molar-refractivity contribution in [1.82, 2.24) is 29.0 Å². The summed E-state index contributed by atoms with van der Waals surface area (Å²) in [7, 11) is 0. The molecule has 3 aromatic rings. The highest BCUT2D eigenvalue weighted by molar-refractivity contribution is 5.77. The van der Waals surface area contributed by atoms with E-state index in [0.717, 1.165) is 73.9 Å². The first-order valence-electron chi connectivity index (χ1n) is 9.88. The molecule has 4 rings (SSSR count). The summed E-state index contributed by atoms with van der Waals surface area (Å²) in [6, 6.07) is 2.02. The number of piperidine rings is 1. The number of imidazole rings is 1. The Kier molecular flexibility index (Phi) is 5.13. The van der Waals surface area contributed by atoms with Crippen molar-refractivity contribution in [3.8, 4) is 11.4 Å². The van der Waals surface area contributed by atoms with Gasteiger partial charge in [0.1, 0.15) is 5.82 Å². The van der Waals surface area contributed by atoms with E-state index in [4.69, 9.17) is 5.73 Å². The quantitative estimate of drug-likeness (QED) is 0.703. The summed E-state index contributed by atoms with van der Waals surface area (Å²) in [6.07, 6.45) is 8.61. The van der Waals surface area contributed by atoms with Crippen LogP contribution in [0.3, 0.4) is 0 Å². The lowest BCUT2D eigenvalue weighted by molar-refractivity contribution is -0.123. The highest BCUT2D eigenvalue weighted by atomic mass is 16.1. The maximum Gasteiger partial charge on any atom is 0.221 e. The smallest absolute Gasteiger partial charge is 0.221 e. The Bertz CT molecular complexity index is 990. The molecule has 1 saturated heterocycles. The number of hydrogen-bond acceptors (Lipinski definition) is 5. The number of aromatic nitrogens is 5. The summed E-state index contributed by atoms with van der Waals surface area (Å²) >= 11 is 0. The van der Waals surface area contributed by atoms with Crippen LogP contribution in [0.4, 0.5) is 0 Å². The third-order valence-corrected chi connectivity index (χ3v) is 5.52. The van der Waals surface area contributed by atoms with Crippen molar-refractivity contribution in [1.29, 1.82) is 0 Å². The Morgan fingerprint density at radius 3 is 3.00 bits per heavy atom. The predicted molar refractivity (Wildman–Crippen MR) is 107 cm³/mol. The molecule has 0 spiro atoms. The van der Waals surface area contributed by atoms with Gasteiger partial charge >= 0.3 is 0 Å². The number of nitrogens with zero attached hydrogens (tertiary/aromatic N) is 6. The van der Waals surface area contributed by atoms with Crippen LogP contribution in [0.25, 0.3) is 17.0 Å². The van der Waals surface area contributed by atoms with Gasteiger partial charge in [0, 0.05) is 36.9 Å². The van der Waals surface area contributed by atoms with Gasteiger partial charge in [0.2, 0.25) is 5.91 Å². The summed E-state index contributed by atoms with van der Waals surface area (Å²) in [5, 5.41) is 4.48. The maximum atomic E-state index is 11.5. The molecule has 0 radical (unpaired) electrons. The van der Waals surface area contributed by atoms with Crippen LogP contribution in [-0.4, -0.2) is 54.6 Å². The van der Waals surface area contributed by atoms with Crippen LogP contribution < -0.4 is 5.73 Å². The lowest BCUT2D eigenvalue weighted by Crippen LogP contribution is -2.41. The molecule has 0 aromatic carbocycles. The number of primary amides is 1. The molecule has 28 heavy (non-hydrogen) atoms. The summed E-state index contributed by atoms with van der Waals surface area (Å²) in [4.78, 5) is 23.0. The van der Waals surface area contributed by atoms with Crippen molar-refractivity contribution >= 4 is 11.6 Å². The van der Waals surface area contributed by atoms with Crippen molar-refractivity contribution in [2.75, 3.05) is 19.6 Å². The molecule has 0 bridgehead atoms. The predicted octanol–water partition coefficient (Wildman–Crippen LogP) is 1.80. The highest BCUT2D eigenvalue weighted by Gasteiger charge is 2.23. The van der Waals surface area contributed by atoms with Gasteiger partial charge in [-0.15, -0.1) is 0 Å². The van der Waals surface area contributed by atoms with Gasteiger partial charge in [-0.05, 0) is 52.3 Å². The van der Waals surface area contributed by atoms with Crippen molar-refractivity contribution in [2.45, 2.75) is 39.7 Å². The normalized spacial score (nSPS) is 18.0. The van der Waals surface area contributed by atoms with E-state index in [1.165, 1.54) is 0 Å². The molecular weight excluding hydrogens is 354 g/mol. The fraction of sp³-hybridized carbons (Fsp3) is 0.500. The Morgan fingerprint density at radius 1 is 1.32 bits per heavy atom. The summed E-state index contributed by atoms with van der Waals surface area (Å²) in [5.74, 6) is 0.711. The van der Waals surface area contributed by atoms with Gasteiger partial charge in [-0.2, -0.15) is 5.10 Å². The number of likely N-dealkylation sites (tertiary alicyclic amines) is 1. The molecule has 1 aliphatic heterocycles. The number of fused-ring (bicyclic) bond motifs is 1. The average molecular weight is 381 g/mol. The minimum atomic E-state index is -0.173. The zero-order valence-electron chi connectivity index (χ0n) is 16.5. The van der Waals surface area contributed by atoms with Crippen LogP contribution in [0.5, 0.6) is 0 Å². The molecule has 1 unspecified atom stereocenters. The molecule has 1 amide bonds. The summed E-state index contributed by atoms with van der Waals surface area (Å²) < 4.78 is 4.02. The van der Waals surface area contributed by atoms with Crippen LogP contribution in [0.1, 0.15) is 30.7 Å². The number of nitrogens with two attached hydrogens (primary N) is 1. The zero-order chi connectivity index (χ0) is 19.7. The third kappa shape index (κ3) is 3.64. The van der Waals surface area contributed by atoms with E-state index in [9.17, 15) is 4.79 Å². The Labute approximate surface area is 164 Å². The van der Waals surface area contributed by atoms with Crippen molar-refractivity contribution in [2.24, 2.45) is 11.7 Å². The number of carbonyl (C=O) groups excluding carboxylic acids is 1. The lowest BCUT2D eigenvalue weighted by Gasteiger charge is -2.31. The van der Waals surface area contributed by atoms with Gasteiger partial charge in [-0.25, -0.2) is 14.5 Å². The highest BCUT2D eigenvalue weighted by Crippen LogP contribution is 2.23. The monoisotopic (exact) mass is 381 g/mol. The van der Waals surface area contributed by atoms with Crippen molar-refractivity contribution < 1.29 is 4.79 Å². The van der Waals surface area contributed by atoms with E-state index in [-0.39, 0.29) is 11.8 Å². The van der Waals surface area contributed by atoms with E-state index in [0.29, 0.717) is 0 Å². The number of hydrogen-bond donors (Lipinski definition) is 1. The SMILES string of the molecule is Cc1cc(C)n2ncc(-c3nccn3CCCN3CCCC(C(N)=O)C3)c2n1. The second-order valence-electron chi connectivity index (χ2n) is 7.67. The first-order valence-corrected chi connectivity index (χ1v) is 9.88. The molecule has 8 nitrogen and oxygen atoms in total. The molecule has 0 aliphatic carbocycles. The van der Waals surface area contributed by atoms with Crippen LogP contribution in [0.15, 0.2) is 24.7 Å². The number of rotatable bonds is 6. The topological polar surface area (TPSA) is 94.3 Å². The number of aryl methyl sites for hydroxylation is 3. The molecule has 8 heteroatoms. The molecule has 1 aliphatic rings. The number of amides is 1. The van der Waals surface area contributed by atoms with Gasteiger partial charge in [-0.3, -0.25) is 4.79 Å². The van der Waals surface area contributed by atoms with Gasteiger partial charge in [0.15, 0.2) is 5.65 Å². The molecule has 1 fully saturated rings. The van der Waals surface area contributed by atoms with E-state index < -0.39 is 0 Å². The van der Waals surface area contributed by atoms with Crippen molar-refractivity contribution in [3.05, 3.63) is 36.0 Å². The fourth-order valence-electron chi connectivity index (χ4n) is 4.12. The molecule has 1 atom stereocenters. The van der Waals surface area contributed by atoms with Gasteiger partial charge in [-0.1, -0.05) is 0 Å². The minimum absolute atomic E-state index is 0.00566. The van der Waals surface area contributed by atoms with E-state index >= 15 is 0 Å². The second-order valence-corrected chi connectivity index (χ2v) is 7.67. The molecule has 3 aromatic heterocycles.